The first kappa shape index (κ1) is 14.2. The van der Waals surface area contributed by atoms with Crippen LogP contribution in [-0.4, -0.2) is 18.3 Å². The maximum absolute atomic E-state index is 9.15. The Morgan fingerprint density at radius 2 is 1.94 bits per heavy atom. The lowest BCUT2D eigenvalue weighted by Gasteiger charge is -2.12. The van der Waals surface area contributed by atoms with Crippen molar-refractivity contribution in [2.24, 2.45) is 5.92 Å². The maximum Gasteiger partial charge on any atom is 0.0716 e. The molecule has 1 aromatic rings. The summed E-state index contributed by atoms with van der Waals surface area (Å²) in [4.78, 5) is 0. The molecular weight excluding hydrogens is 212 g/mol. The quantitative estimate of drug-likeness (QED) is 0.666. The van der Waals surface area contributed by atoms with Gasteiger partial charge in [0.15, 0.2) is 0 Å². The van der Waals surface area contributed by atoms with E-state index in [0.29, 0.717) is 19.1 Å². The van der Waals surface area contributed by atoms with Crippen LogP contribution in [0.2, 0.25) is 0 Å². The minimum atomic E-state index is 0.312. The first-order valence-electron chi connectivity index (χ1n) is 6.59. The van der Waals surface area contributed by atoms with Crippen LogP contribution < -0.4 is 0 Å². The number of aliphatic hydroxyl groups is 1. The largest absolute Gasteiger partial charge is 0.396 e. The third-order valence-corrected chi connectivity index (χ3v) is 2.97. The molecule has 0 heterocycles. The van der Waals surface area contributed by atoms with E-state index >= 15 is 0 Å². The Labute approximate surface area is 105 Å². The van der Waals surface area contributed by atoms with Gasteiger partial charge in [-0.15, -0.1) is 0 Å². The van der Waals surface area contributed by atoms with Crippen LogP contribution in [0.5, 0.6) is 0 Å². The Bertz CT molecular complexity index is 272. The molecule has 2 nitrogen and oxygen atoms in total. The molecule has 1 aromatic carbocycles. The van der Waals surface area contributed by atoms with Gasteiger partial charge in [0.25, 0.3) is 0 Å². The molecular formula is C15H24O2. The predicted molar refractivity (Wildman–Crippen MR) is 70.8 cm³/mol. The topological polar surface area (TPSA) is 29.5 Å². The predicted octanol–water partition coefficient (Wildman–Crippen LogP) is 3.39. The molecule has 0 saturated heterocycles. The second-order valence-corrected chi connectivity index (χ2v) is 4.52. The Morgan fingerprint density at radius 1 is 1.18 bits per heavy atom. The summed E-state index contributed by atoms with van der Waals surface area (Å²) in [6.07, 6.45) is 4.38. The molecule has 96 valence electrons. The van der Waals surface area contributed by atoms with Gasteiger partial charge < -0.3 is 9.84 Å². The van der Waals surface area contributed by atoms with E-state index in [4.69, 9.17) is 9.84 Å². The SMILES string of the molecule is CCCC(CO)CCCOCc1ccccc1. The fraction of sp³-hybridized carbons (Fsp3) is 0.600. The molecule has 0 fully saturated rings. The molecule has 17 heavy (non-hydrogen) atoms. The summed E-state index contributed by atoms with van der Waals surface area (Å²) < 4.78 is 5.61. The highest BCUT2D eigenvalue weighted by Gasteiger charge is 2.05. The van der Waals surface area contributed by atoms with Gasteiger partial charge in [0.2, 0.25) is 0 Å². The number of hydrogen-bond donors (Lipinski definition) is 1. The monoisotopic (exact) mass is 236 g/mol. The zero-order valence-electron chi connectivity index (χ0n) is 10.8. The van der Waals surface area contributed by atoms with E-state index in [-0.39, 0.29) is 0 Å². The minimum Gasteiger partial charge on any atom is -0.396 e. The average molecular weight is 236 g/mol. The van der Waals surface area contributed by atoms with Crippen molar-refractivity contribution in [3.05, 3.63) is 35.9 Å². The first-order valence-corrected chi connectivity index (χ1v) is 6.59. The second kappa shape index (κ2) is 9.20. The van der Waals surface area contributed by atoms with Gasteiger partial charge in [0.05, 0.1) is 6.61 Å². The smallest absolute Gasteiger partial charge is 0.0716 e. The molecule has 0 saturated carbocycles. The van der Waals surface area contributed by atoms with Gasteiger partial charge in [0, 0.05) is 13.2 Å². The van der Waals surface area contributed by atoms with Crippen LogP contribution in [0.25, 0.3) is 0 Å². The van der Waals surface area contributed by atoms with Crippen molar-refractivity contribution in [2.45, 2.75) is 39.2 Å². The van der Waals surface area contributed by atoms with Crippen LogP contribution in [0, 0.1) is 5.92 Å². The van der Waals surface area contributed by atoms with Crippen molar-refractivity contribution in [3.63, 3.8) is 0 Å². The maximum atomic E-state index is 9.15. The van der Waals surface area contributed by atoms with E-state index in [1.807, 2.05) is 18.2 Å². The van der Waals surface area contributed by atoms with Crippen molar-refractivity contribution in [2.75, 3.05) is 13.2 Å². The normalized spacial score (nSPS) is 12.6. The fourth-order valence-electron chi connectivity index (χ4n) is 1.97. The van der Waals surface area contributed by atoms with E-state index < -0.39 is 0 Å². The zero-order chi connectivity index (χ0) is 12.3. The number of rotatable bonds is 9. The number of aliphatic hydroxyl groups excluding tert-OH is 1. The minimum absolute atomic E-state index is 0.312. The highest BCUT2D eigenvalue weighted by Crippen LogP contribution is 2.12. The number of ether oxygens (including phenoxy) is 1. The van der Waals surface area contributed by atoms with Crippen LogP contribution in [-0.2, 0) is 11.3 Å². The number of benzene rings is 1. The summed E-state index contributed by atoms with van der Waals surface area (Å²) in [5.74, 6) is 0.459. The van der Waals surface area contributed by atoms with E-state index in [1.54, 1.807) is 0 Å². The van der Waals surface area contributed by atoms with Gasteiger partial charge in [-0.3, -0.25) is 0 Å². The molecule has 1 rings (SSSR count). The van der Waals surface area contributed by atoms with E-state index in [2.05, 4.69) is 19.1 Å². The Hall–Kier alpha value is -0.860. The summed E-state index contributed by atoms with van der Waals surface area (Å²) in [7, 11) is 0. The van der Waals surface area contributed by atoms with Crippen LogP contribution in [0.15, 0.2) is 30.3 Å². The summed E-state index contributed by atoms with van der Waals surface area (Å²) in [6.45, 7) is 3.95. The van der Waals surface area contributed by atoms with Gasteiger partial charge in [-0.1, -0.05) is 43.7 Å². The summed E-state index contributed by atoms with van der Waals surface area (Å²) >= 11 is 0. The molecule has 1 N–H and O–H groups in total. The number of hydrogen-bond acceptors (Lipinski definition) is 2. The van der Waals surface area contributed by atoms with Crippen LogP contribution in [0.1, 0.15) is 38.2 Å². The molecule has 0 aliphatic carbocycles. The molecule has 1 unspecified atom stereocenters. The van der Waals surface area contributed by atoms with Gasteiger partial charge in [0.1, 0.15) is 0 Å². The summed E-state index contributed by atoms with van der Waals surface area (Å²) in [6, 6.07) is 10.2. The Morgan fingerprint density at radius 3 is 2.59 bits per heavy atom. The van der Waals surface area contributed by atoms with Crippen LogP contribution in [0.3, 0.4) is 0 Å². The molecule has 0 bridgehead atoms. The van der Waals surface area contributed by atoms with Crippen molar-refractivity contribution in [1.29, 1.82) is 0 Å². The van der Waals surface area contributed by atoms with Crippen molar-refractivity contribution in [1.82, 2.24) is 0 Å². The Kier molecular flexibility index (Phi) is 7.69. The third-order valence-electron chi connectivity index (χ3n) is 2.97. The third kappa shape index (κ3) is 6.44. The zero-order valence-corrected chi connectivity index (χ0v) is 10.8. The van der Waals surface area contributed by atoms with E-state index in [1.165, 1.54) is 5.56 Å². The standard InChI is InChI=1S/C15H24O2/c1-2-7-14(12-16)10-6-11-17-13-15-8-4-3-5-9-15/h3-5,8-9,14,16H,2,6-7,10-13H2,1H3. The second-order valence-electron chi connectivity index (χ2n) is 4.52. The molecule has 0 amide bonds. The van der Waals surface area contributed by atoms with Crippen LogP contribution in [0.4, 0.5) is 0 Å². The molecule has 0 spiro atoms. The van der Waals surface area contributed by atoms with Gasteiger partial charge >= 0.3 is 0 Å². The van der Waals surface area contributed by atoms with E-state index in [0.717, 1.165) is 32.3 Å². The first-order chi connectivity index (χ1) is 8.36. The Balaban J connectivity index is 2.04. The lowest BCUT2D eigenvalue weighted by molar-refractivity contribution is 0.108. The van der Waals surface area contributed by atoms with Gasteiger partial charge in [-0.25, -0.2) is 0 Å². The van der Waals surface area contributed by atoms with Gasteiger partial charge in [-0.2, -0.15) is 0 Å². The molecule has 0 aliphatic rings. The molecule has 0 radical (unpaired) electrons. The summed E-state index contributed by atoms with van der Waals surface area (Å²) in [5.41, 5.74) is 1.22. The lowest BCUT2D eigenvalue weighted by Crippen LogP contribution is -2.07. The summed E-state index contributed by atoms with van der Waals surface area (Å²) in [5, 5.41) is 9.15. The molecule has 1 atom stereocenters. The van der Waals surface area contributed by atoms with Gasteiger partial charge in [-0.05, 0) is 30.7 Å². The van der Waals surface area contributed by atoms with Crippen molar-refractivity contribution in [3.8, 4) is 0 Å². The lowest BCUT2D eigenvalue weighted by atomic mass is 9.99. The van der Waals surface area contributed by atoms with E-state index in [9.17, 15) is 0 Å². The average Bonchev–Trinajstić information content (AvgIpc) is 2.38. The molecule has 0 aliphatic heterocycles. The van der Waals surface area contributed by atoms with Crippen LogP contribution >= 0.6 is 0 Å². The highest BCUT2D eigenvalue weighted by atomic mass is 16.5. The van der Waals surface area contributed by atoms with Crippen molar-refractivity contribution < 1.29 is 9.84 Å². The highest BCUT2D eigenvalue weighted by molar-refractivity contribution is 5.13. The fourth-order valence-corrected chi connectivity index (χ4v) is 1.97. The molecule has 0 aromatic heterocycles. The van der Waals surface area contributed by atoms with Crippen molar-refractivity contribution >= 4 is 0 Å². The molecule has 2 heteroatoms.